The van der Waals surface area contributed by atoms with Crippen molar-refractivity contribution >= 4 is 11.7 Å². The van der Waals surface area contributed by atoms with Gasteiger partial charge in [0.15, 0.2) is 5.82 Å². The highest BCUT2D eigenvalue weighted by molar-refractivity contribution is 5.98. The van der Waals surface area contributed by atoms with Gasteiger partial charge >= 0.3 is 0 Å². The van der Waals surface area contributed by atoms with Crippen LogP contribution in [0.5, 0.6) is 0 Å². The van der Waals surface area contributed by atoms with Gasteiger partial charge in [0, 0.05) is 18.3 Å². The Bertz CT molecular complexity index is 339. The quantitative estimate of drug-likeness (QED) is 0.746. The van der Waals surface area contributed by atoms with Crippen LogP contribution in [-0.4, -0.2) is 15.7 Å². The van der Waals surface area contributed by atoms with E-state index in [4.69, 9.17) is 0 Å². The number of anilines is 1. The molecule has 0 aliphatic heterocycles. The highest BCUT2D eigenvalue weighted by atomic mass is 16.1. The number of hydrogen-bond acceptors (Lipinski definition) is 2. The second-order valence-corrected chi connectivity index (χ2v) is 3.26. The van der Waals surface area contributed by atoms with E-state index in [0.29, 0.717) is 11.9 Å². The molecule has 0 atom stereocenters. The lowest BCUT2D eigenvalue weighted by molar-refractivity contribution is -0.111. The van der Waals surface area contributed by atoms with Crippen LogP contribution in [0.2, 0.25) is 0 Å². The molecule has 1 aromatic rings. The Labute approximate surface area is 83.6 Å². The lowest BCUT2D eigenvalue weighted by Gasteiger charge is -2.03. The lowest BCUT2D eigenvalue weighted by atomic mass is 10.4. The molecule has 1 rings (SSSR count). The number of carbonyl (C=O) groups is 1. The second-order valence-electron chi connectivity index (χ2n) is 3.26. The van der Waals surface area contributed by atoms with Gasteiger partial charge in [-0.1, -0.05) is 6.08 Å². The van der Waals surface area contributed by atoms with Gasteiger partial charge in [0.05, 0.1) is 0 Å². The summed E-state index contributed by atoms with van der Waals surface area (Å²) < 4.78 is 1.80. The number of hydrogen-bond donors (Lipinski definition) is 1. The first-order valence-corrected chi connectivity index (χ1v) is 4.62. The van der Waals surface area contributed by atoms with Gasteiger partial charge < -0.3 is 5.32 Å². The van der Waals surface area contributed by atoms with Gasteiger partial charge in [-0.15, -0.1) is 0 Å². The van der Waals surface area contributed by atoms with Crippen molar-refractivity contribution in [1.29, 1.82) is 0 Å². The summed E-state index contributed by atoms with van der Waals surface area (Å²) in [6, 6.07) is 2.09. The molecule has 0 aliphatic rings. The summed E-state index contributed by atoms with van der Waals surface area (Å²) >= 11 is 0. The number of aromatic nitrogens is 2. The van der Waals surface area contributed by atoms with Gasteiger partial charge in [-0.3, -0.25) is 9.48 Å². The zero-order valence-electron chi connectivity index (χ0n) is 8.69. The summed E-state index contributed by atoms with van der Waals surface area (Å²) in [5.41, 5.74) is 0. The highest BCUT2D eigenvalue weighted by Gasteiger charge is 2.03. The van der Waals surface area contributed by atoms with E-state index in [1.807, 2.05) is 20.0 Å². The zero-order valence-corrected chi connectivity index (χ0v) is 8.69. The molecule has 4 heteroatoms. The van der Waals surface area contributed by atoms with Crippen molar-refractivity contribution < 1.29 is 4.79 Å². The Kier molecular flexibility index (Phi) is 3.45. The molecule has 0 aliphatic carbocycles. The van der Waals surface area contributed by atoms with Gasteiger partial charge in [0.2, 0.25) is 5.91 Å². The van der Waals surface area contributed by atoms with Crippen molar-refractivity contribution in [3.05, 3.63) is 24.4 Å². The van der Waals surface area contributed by atoms with Gasteiger partial charge in [-0.05, 0) is 26.8 Å². The van der Waals surface area contributed by atoms with E-state index in [-0.39, 0.29) is 5.91 Å². The molecule has 0 bridgehead atoms. The maximum Gasteiger partial charge on any atom is 0.249 e. The van der Waals surface area contributed by atoms with E-state index in [9.17, 15) is 4.79 Å². The van der Waals surface area contributed by atoms with Crippen LogP contribution in [0.15, 0.2) is 24.4 Å². The van der Waals surface area contributed by atoms with Crippen molar-refractivity contribution in [2.45, 2.75) is 26.8 Å². The number of nitrogens with one attached hydrogen (secondary N) is 1. The van der Waals surface area contributed by atoms with Crippen LogP contribution in [0, 0.1) is 0 Å². The molecule has 1 heterocycles. The number of amides is 1. The van der Waals surface area contributed by atoms with E-state index in [0.717, 1.165) is 0 Å². The molecule has 0 saturated heterocycles. The third-order valence-electron chi connectivity index (χ3n) is 1.71. The SMILES string of the molecule is C/C=C/C(=O)Nc1ccn(C(C)C)n1. The Morgan fingerprint density at radius 3 is 2.86 bits per heavy atom. The Morgan fingerprint density at radius 1 is 1.64 bits per heavy atom. The lowest BCUT2D eigenvalue weighted by Crippen LogP contribution is -2.09. The minimum absolute atomic E-state index is 0.151. The number of carbonyl (C=O) groups excluding carboxylic acids is 1. The molecule has 1 amide bonds. The third kappa shape index (κ3) is 2.73. The van der Waals surface area contributed by atoms with Gasteiger partial charge in [-0.2, -0.15) is 5.10 Å². The number of rotatable bonds is 3. The largest absolute Gasteiger partial charge is 0.306 e. The number of allylic oxidation sites excluding steroid dienone is 1. The molecule has 1 aromatic heterocycles. The summed E-state index contributed by atoms with van der Waals surface area (Å²) in [6.07, 6.45) is 5.00. The molecule has 0 aromatic carbocycles. The fraction of sp³-hybridized carbons (Fsp3) is 0.400. The molecular weight excluding hydrogens is 178 g/mol. The molecule has 0 saturated carbocycles. The minimum Gasteiger partial charge on any atom is -0.306 e. The summed E-state index contributed by atoms with van der Waals surface area (Å²) in [5.74, 6) is 0.434. The predicted molar refractivity (Wildman–Crippen MR) is 56.1 cm³/mol. The van der Waals surface area contributed by atoms with Crippen LogP contribution in [-0.2, 0) is 4.79 Å². The summed E-state index contributed by atoms with van der Waals surface area (Å²) in [6.45, 7) is 5.86. The van der Waals surface area contributed by atoms with Crippen molar-refractivity contribution in [3.8, 4) is 0 Å². The Balaban J connectivity index is 2.64. The first-order chi connectivity index (χ1) is 6.63. The van der Waals surface area contributed by atoms with E-state index >= 15 is 0 Å². The van der Waals surface area contributed by atoms with Gasteiger partial charge in [0.1, 0.15) is 0 Å². The fourth-order valence-corrected chi connectivity index (χ4v) is 1.01. The first-order valence-electron chi connectivity index (χ1n) is 4.62. The summed E-state index contributed by atoms with van der Waals surface area (Å²) in [4.78, 5) is 11.1. The zero-order chi connectivity index (χ0) is 10.6. The average Bonchev–Trinajstić information content (AvgIpc) is 2.53. The Morgan fingerprint density at radius 2 is 2.36 bits per heavy atom. The van der Waals surface area contributed by atoms with E-state index in [2.05, 4.69) is 10.4 Å². The molecule has 0 radical (unpaired) electrons. The van der Waals surface area contributed by atoms with Crippen LogP contribution < -0.4 is 5.32 Å². The molecule has 0 unspecified atom stereocenters. The maximum atomic E-state index is 11.1. The van der Waals surface area contributed by atoms with Crippen LogP contribution in [0.4, 0.5) is 5.82 Å². The number of nitrogens with zero attached hydrogens (tertiary/aromatic N) is 2. The monoisotopic (exact) mass is 193 g/mol. The van der Waals surface area contributed by atoms with Crippen LogP contribution in [0.3, 0.4) is 0 Å². The molecule has 0 fully saturated rings. The maximum absolute atomic E-state index is 11.1. The van der Waals surface area contributed by atoms with Crippen molar-refractivity contribution in [2.75, 3.05) is 5.32 Å². The summed E-state index contributed by atoms with van der Waals surface area (Å²) in [7, 11) is 0. The van der Waals surface area contributed by atoms with Crippen molar-refractivity contribution in [2.24, 2.45) is 0 Å². The minimum atomic E-state index is -0.151. The molecule has 0 spiro atoms. The topological polar surface area (TPSA) is 46.9 Å². The molecule has 1 N–H and O–H groups in total. The molecule has 14 heavy (non-hydrogen) atoms. The van der Waals surface area contributed by atoms with E-state index in [1.54, 1.807) is 23.7 Å². The van der Waals surface area contributed by atoms with E-state index < -0.39 is 0 Å². The third-order valence-corrected chi connectivity index (χ3v) is 1.71. The standard InChI is InChI=1S/C10H15N3O/c1-4-5-10(14)11-9-6-7-13(12-9)8(2)3/h4-8H,1-3H3,(H,11,12,14)/b5-4+. The highest BCUT2D eigenvalue weighted by Crippen LogP contribution is 2.07. The second kappa shape index (κ2) is 4.60. The molecule has 4 nitrogen and oxygen atoms in total. The smallest absolute Gasteiger partial charge is 0.249 e. The Hall–Kier alpha value is -1.58. The van der Waals surface area contributed by atoms with Crippen molar-refractivity contribution in [1.82, 2.24) is 9.78 Å². The normalized spacial score (nSPS) is 11.1. The van der Waals surface area contributed by atoms with Crippen molar-refractivity contribution in [3.63, 3.8) is 0 Å². The average molecular weight is 193 g/mol. The van der Waals surface area contributed by atoms with Gasteiger partial charge in [0.25, 0.3) is 0 Å². The summed E-state index contributed by atoms with van der Waals surface area (Å²) in [5, 5.41) is 6.84. The van der Waals surface area contributed by atoms with Crippen LogP contribution >= 0.6 is 0 Å². The molecule has 76 valence electrons. The first kappa shape index (κ1) is 10.5. The fourth-order valence-electron chi connectivity index (χ4n) is 1.01. The van der Waals surface area contributed by atoms with Gasteiger partial charge in [-0.25, -0.2) is 0 Å². The predicted octanol–water partition coefficient (Wildman–Crippen LogP) is 1.98. The van der Waals surface area contributed by atoms with E-state index in [1.165, 1.54) is 6.08 Å². The van der Waals surface area contributed by atoms with Crippen LogP contribution in [0.1, 0.15) is 26.8 Å². The molecular formula is C10H15N3O. The van der Waals surface area contributed by atoms with Crippen LogP contribution in [0.25, 0.3) is 0 Å².